The second-order valence-electron chi connectivity index (χ2n) is 6.01. The summed E-state index contributed by atoms with van der Waals surface area (Å²) in [6, 6.07) is 3.43. The first-order chi connectivity index (χ1) is 10.7. The number of carbonyl (C=O) groups excluding carboxylic acids is 1. The first-order valence-electron chi connectivity index (χ1n) is 7.45. The van der Waals surface area contributed by atoms with Crippen molar-refractivity contribution in [2.24, 2.45) is 5.92 Å². The minimum Gasteiger partial charge on any atom is -0.363 e. The molecule has 1 aliphatic rings. The van der Waals surface area contributed by atoms with E-state index in [1.54, 1.807) is 12.1 Å². The van der Waals surface area contributed by atoms with Gasteiger partial charge in [0, 0.05) is 33.4 Å². The normalized spacial score (nSPS) is 18.9. The maximum Gasteiger partial charge on any atom is 0.401 e. The second kappa shape index (κ2) is 7.16. The second-order valence-corrected chi connectivity index (χ2v) is 6.01. The van der Waals surface area contributed by atoms with Crippen LogP contribution in [0.15, 0.2) is 18.3 Å². The number of halogens is 3. The third-order valence-corrected chi connectivity index (χ3v) is 3.79. The molecule has 1 amide bonds. The Morgan fingerprint density at radius 3 is 2.74 bits per heavy atom. The zero-order chi connectivity index (χ0) is 17.0. The summed E-state index contributed by atoms with van der Waals surface area (Å²) in [7, 11) is 3.71. The van der Waals surface area contributed by atoms with Crippen molar-refractivity contribution in [3.05, 3.63) is 23.9 Å². The van der Waals surface area contributed by atoms with Gasteiger partial charge in [0.15, 0.2) is 0 Å². The van der Waals surface area contributed by atoms with E-state index in [0.29, 0.717) is 31.6 Å². The molecule has 5 nitrogen and oxygen atoms in total. The van der Waals surface area contributed by atoms with Crippen LogP contribution in [0.4, 0.5) is 19.0 Å². The predicted molar refractivity (Wildman–Crippen MR) is 81.5 cm³/mol. The molecule has 128 valence electrons. The predicted octanol–water partition coefficient (Wildman–Crippen LogP) is 1.76. The highest BCUT2D eigenvalue weighted by molar-refractivity contribution is 5.94. The highest BCUT2D eigenvalue weighted by Crippen LogP contribution is 2.22. The molecular formula is C15H21F3N4O. The van der Waals surface area contributed by atoms with E-state index in [0.717, 1.165) is 5.82 Å². The molecule has 2 heterocycles. The van der Waals surface area contributed by atoms with E-state index in [-0.39, 0.29) is 11.8 Å². The van der Waals surface area contributed by atoms with Gasteiger partial charge < -0.3 is 10.2 Å². The maximum absolute atomic E-state index is 12.3. The van der Waals surface area contributed by atoms with Crippen molar-refractivity contribution >= 4 is 11.7 Å². The number of anilines is 1. The van der Waals surface area contributed by atoms with Gasteiger partial charge in [0.2, 0.25) is 0 Å². The van der Waals surface area contributed by atoms with Gasteiger partial charge in [-0.2, -0.15) is 13.2 Å². The topological polar surface area (TPSA) is 48.5 Å². The number of hydrogen-bond acceptors (Lipinski definition) is 4. The van der Waals surface area contributed by atoms with Crippen molar-refractivity contribution in [1.82, 2.24) is 15.2 Å². The van der Waals surface area contributed by atoms with Crippen LogP contribution in [0.5, 0.6) is 0 Å². The van der Waals surface area contributed by atoms with Gasteiger partial charge in [-0.25, -0.2) is 4.98 Å². The summed E-state index contributed by atoms with van der Waals surface area (Å²) in [5.74, 6) is 0.549. The lowest BCUT2D eigenvalue weighted by molar-refractivity contribution is -0.143. The lowest BCUT2D eigenvalue weighted by atomic mass is 10.1. The minimum absolute atomic E-state index is 0.0512. The van der Waals surface area contributed by atoms with Crippen molar-refractivity contribution in [3.63, 3.8) is 0 Å². The van der Waals surface area contributed by atoms with Crippen LogP contribution in [0.25, 0.3) is 0 Å². The summed E-state index contributed by atoms with van der Waals surface area (Å²) >= 11 is 0. The number of amides is 1. The third-order valence-electron chi connectivity index (χ3n) is 3.79. The molecule has 1 aromatic heterocycles. The summed E-state index contributed by atoms with van der Waals surface area (Å²) < 4.78 is 37.0. The average Bonchev–Trinajstić information content (AvgIpc) is 2.90. The van der Waals surface area contributed by atoms with Gasteiger partial charge in [-0.05, 0) is 31.0 Å². The average molecular weight is 330 g/mol. The van der Waals surface area contributed by atoms with Crippen LogP contribution in [-0.4, -0.2) is 62.2 Å². The van der Waals surface area contributed by atoms with Crippen LogP contribution in [0.3, 0.4) is 0 Å². The Balaban J connectivity index is 1.79. The van der Waals surface area contributed by atoms with E-state index >= 15 is 0 Å². The highest BCUT2D eigenvalue weighted by Gasteiger charge is 2.34. The summed E-state index contributed by atoms with van der Waals surface area (Å²) in [4.78, 5) is 19.4. The molecule has 1 saturated heterocycles. The molecular weight excluding hydrogens is 309 g/mol. The van der Waals surface area contributed by atoms with E-state index < -0.39 is 12.7 Å². The summed E-state index contributed by atoms with van der Waals surface area (Å²) in [6.45, 7) is 0.271. The Hall–Kier alpha value is -1.83. The molecule has 1 aliphatic heterocycles. The number of nitrogens with zero attached hydrogens (tertiary/aromatic N) is 3. The molecule has 0 aromatic carbocycles. The smallest absolute Gasteiger partial charge is 0.363 e. The monoisotopic (exact) mass is 330 g/mol. The standard InChI is InChI=1S/C15H21F3N4O/c1-21(2)13-4-3-12(8-19-13)14(23)20-7-11-5-6-22(9-11)10-15(16,17)18/h3-4,8,11H,5-7,9-10H2,1-2H3,(H,20,23). The van der Waals surface area contributed by atoms with Gasteiger partial charge in [0.1, 0.15) is 5.82 Å². The summed E-state index contributed by atoms with van der Waals surface area (Å²) in [5.41, 5.74) is 0.445. The van der Waals surface area contributed by atoms with Gasteiger partial charge in [-0.3, -0.25) is 9.69 Å². The number of likely N-dealkylation sites (tertiary alicyclic amines) is 1. The third kappa shape index (κ3) is 5.38. The molecule has 8 heteroatoms. The number of carbonyl (C=O) groups is 1. The van der Waals surface area contributed by atoms with Crippen LogP contribution in [-0.2, 0) is 0 Å². The Morgan fingerprint density at radius 1 is 1.43 bits per heavy atom. The van der Waals surface area contributed by atoms with Crippen molar-refractivity contribution in [1.29, 1.82) is 0 Å². The van der Waals surface area contributed by atoms with Crippen molar-refractivity contribution < 1.29 is 18.0 Å². The highest BCUT2D eigenvalue weighted by atomic mass is 19.4. The molecule has 23 heavy (non-hydrogen) atoms. The fraction of sp³-hybridized carbons (Fsp3) is 0.600. The molecule has 0 bridgehead atoms. The number of alkyl halides is 3. The molecule has 0 radical (unpaired) electrons. The van der Waals surface area contributed by atoms with Crippen LogP contribution in [0, 0.1) is 5.92 Å². The lowest BCUT2D eigenvalue weighted by Gasteiger charge is -2.18. The Morgan fingerprint density at radius 2 is 2.17 bits per heavy atom. The van der Waals surface area contributed by atoms with Crippen LogP contribution >= 0.6 is 0 Å². The molecule has 1 aromatic rings. The van der Waals surface area contributed by atoms with Gasteiger partial charge in [0.05, 0.1) is 12.1 Å². The van der Waals surface area contributed by atoms with Crippen LogP contribution < -0.4 is 10.2 Å². The van der Waals surface area contributed by atoms with Gasteiger partial charge in [-0.1, -0.05) is 0 Å². The number of aromatic nitrogens is 1. The maximum atomic E-state index is 12.3. The summed E-state index contributed by atoms with van der Waals surface area (Å²) in [6.07, 6.45) is -2.01. The molecule has 0 saturated carbocycles. The number of pyridine rings is 1. The number of hydrogen-bond donors (Lipinski definition) is 1. The van der Waals surface area contributed by atoms with Crippen molar-refractivity contribution in [2.75, 3.05) is 45.2 Å². The van der Waals surface area contributed by atoms with E-state index in [9.17, 15) is 18.0 Å². The zero-order valence-corrected chi connectivity index (χ0v) is 13.2. The summed E-state index contributed by atoms with van der Waals surface area (Å²) in [5, 5.41) is 2.77. The SMILES string of the molecule is CN(C)c1ccc(C(=O)NCC2CCN(CC(F)(F)F)C2)cn1. The lowest BCUT2D eigenvalue weighted by Crippen LogP contribution is -2.34. The molecule has 1 atom stereocenters. The van der Waals surface area contributed by atoms with Gasteiger partial charge in [0.25, 0.3) is 5.91 Å². The molecule has 1 unspecified atom stereocenters. The molecule has 2 rings (SSSR count). The molecule has 1 N–H and O–H groups in total. The Bertz CT molecular complexity index is 531. The van der Waals surface area contributed by atoms with E-state index in [1.807, 2.05) is 19.0 Å². The van der Waals surface area contributed by atoms with Crippen molar-refractivity contribution in [2.45, 2.75) is 12.6 Å². The fourth-order valence-electron chi connectivity index (χ4n) is 2.60. The first-order valence-corrected chi connectivity index (χ1v) is 7.45. The van der Waals surface area contributed by atoms with Crippen molar-refractivity contribution in [3.8, 4) is 0 Å². The van der Waals surface area contributed by atoms with Gasteiger partial charge >= 0.3 is 6.18 Å². The number of nitrogens with one attached hydrogen (secondary N) is 1. The fourth-order valence-corrected chi connectivity index (χ4v) is 2.60. The van der Waals surface area contributed by atoms with Gasteiger partial charge in [-0.15, -0.1) is 0 Å². The number of rotatable bonds is 5. The molecule has 0 spiro atoms. The largest absolute Gasteiger partial charge is 0.401 e. The van der Waals surface area contributed by atoms with E-state index in [4.69, 9.17) is 0 Å². The quantitative estimate of drug-likeness (QED) is 0.894. The first kappa shape index (κ1) is 17.5. The van der Waals surface area contributed by atoms with Crippen LogP contribution in [0.1, 0.15) is 16.8 Å². The van der Waals surface area contributed by atoms with E-state index in [1.165, 1.54) is 11.1 Å². The van der Waals surface area contributed by atoms with Crippen LogP contribution in [0.2, 0.25) is 0 Å². The molecule has 0 aliphatic carbocycles. The van der Waals surface area contributed by atoms with E-state index in [2.05, 4.69) is 10.3 Å². The Labute approximate surface area is 133 Å². The Kier molecular flexibility index (Phi) is 5.46. The molecule has 1 fully saturated rings. The minimum atomic E-state index is -4.17. The zero-order valence-electron chi connectivity index (χ0n) is 13.2.